The van der Waals surface area contributed by atoms with E-state index in [0.29, 0.717) is 12.3 Å². The standard InChI is InChI=1S/C13H19N3O4/c1-15(2)8-4-7-14-13(17)11-9-10(20-3)5-6-12(11)16(18)19/h5-6,9H,4,7-8H2,1-3H3,(H,14,17). The van der Waals surface area contributed by atoms with E-state index in [2.05, 4.69) is 5.32 Å². The summed E-state index contributed by atoms with van der Waals surface area (Å²) in [6.45, 7) is 1.30. The predicted octanol–water partition coefficient (Wildman–Crippen LogP) is 1.28. The van der Waals surface area contributed by atoms with Crippen LogP contribution in [0.1, 0.15) is 16.8 Å². The Balaban J connectivity index is 2.77. The van der Waals surface area contributed by atoms with Gasteiger partial charge in [0.05, 0.1) is 12.0 Å². The van der Waals surface area contributed by atoms with Gasteiger partial charge in [-0.2, -0.15) is 0 Å². The van der Waals surface area contributed by atoms with Gasteiger partial charge in [0.15, 0.2) is 0 Å². The molecule has 1 amide bonds. The third-order valence-corrected chi connectivity index (χ3v) is 2.71. The first-order chi connectivity index (χ1) is 9.45. The lowest BCUT2D eigenvalue weighted by atomic mass is 10.1. The van der Waals surface area contributed by atoms with Crippen LogP contribution in [-0.2, 0) is 0 Å². The van der Waals surface area contributed by atoms with Gasteiger partial charge < -0.3 is 15.0 Å². The van der Waals surface area contributed by atoms with Gasteiger partial charge in [-0.25, -0.2) is 0 Å². The number of amides is 1. The Hall–Kier alpha value is -2.15. The number of ether oxygens (including phenoxy) is 1. The van der Waals surface area contributed by atoms with E-state index < -0.39 is 10.8 Å². The van der Waals surface area contributed by atoms with Gasteiger partial charge in [0, 0.05) is 12.6 Å². The van der Waals surface area contributed by atoms with Crippen molar-refractivity contribution in [1.82, 2.24) is 10.2 Å². The molecule has 0 fully saturated rings. The summed E-state index contributed by atoms with van der Waals surface area (Å²) >= 11 is 0. The topological polar surface area (TPSA) is 84.7 Å². The summed E-state index contributed by atoms with van der Waals surface area (Å²) in [4.78, 5) is 24.3. The van der Waals surface area contributed by atoms with E-state index in [0.717, 1.165) is 13.0 Å². The normalized spacial score (nSPS) is 10.4. The number of hydrogen-bond donors (Lipinski definition) is 1. The Bertz CT molecular complexity index is 489. The van der Waals surface area contributed by atoms with Crippen molar-refractivity contribution < 1.29 is 14.5 Å². The van der Waals surface area contributed by atoms with E-state index in [4.69, 9.17) is 4.74 Å². The summed E-state index contributed by atoms with van der Waals surface area (Å²) in [5, 5.41) is 13.6. The van der Waals surface area contributed by atoms with Crippen molar-refractivity contribution in [3.05, 3.63) is 33.9 Å². The molecule has 0 aliphatic heterocycles. The van der Waals surface area contributed by atoms with E-state index in [1.807, 2.05) is 19.0 Å². The molecule has 1 aromatic rings. The van der Waals surface area contributed by atoms with Gasteiger partial charge in [0.1, 0.15) is 11.3 Å². The molecule has 7 nitrogen and oxygen atoms in total. The number of nitro groups is 1. The molecule has 0 aromatic heterocycles. The molecular weight excluding hydrogens is 262 g/mol. The molecule has 0 aliphatic rings. The Labute approximate surface area is 117 Å². The van der Waals surface area contributed by atoms with Gasteiger partial charge in [0.25, 0.3) is 11.6 Å². The molecule has 0 spiro atoms. The minimum atomic E-state index is -0.575. The monoisotopic (exact) mass is 281 g/mol. The highest BCUT2D eigenvalue weighted by Crippen LogP contribution is 2.23. The molecule has 110 valence electrons. The fourth-order valence-electron chi connectivity index (χ4n) is 1.68. The highest BCUT2D eigenvalue weighted by atomic mass is 16.6. The number of nitro benzene ring substituents is 1. The third-order valence-electron chi connectivity index (χ3n) is 2.71. The van der Waals surface area contributed by atoms with E-state index in [1.54, 1.807) is 0 Å². The van der Waals surface area contributed by atoms with Crippen LogP contribution in [0.25, 0.3) is 0 Å². The first-order valence-electron chi connectivity index (χ1n) is 6.21. The number of carbonyl (C=O) groups is 1. The van der Waals surface area contributed by atoms with Crippen molar-refractivity contribution in [1.29, 1.82) is 0 Å². The molecule has 7 heteroatoms. The number of hydrogen-bond acceptors (Lipinski definition) is 5. The maximum absolute atomic E-state index is 12.0. The van der Waals surface area contributed by atoms with Gasteiger partial charge in [0.2, 0.25) is 0 Å². The molecular formula is C13H19N3O4. The summed E-state index contributed by atoms with van der Waals surface area (Å²) in [5.74, 6) is -0.0524. The molecule has 0 bridgehead atoms. The van der Waals surface area contributed by atoms with Crippen LogP contribution in [0.4, 0.5) is 5.69 Å². The van der Waals surface area contributed by atoms with Crippen LogP contribution in [0.15, 0.2) is 18.2 Å². The van der Waals surface area contributed by atoms with Crippen LogP contribution in [0, 0.1) is 10.1 Å². The molecule has 1 N–H and O–H groups in total. The zero-order valence-electron chi connectivity index (χ0n) is 11.9. The molecule has 1 aromatic carbocycles. The lowest BCUT2D eigenvalue weighted by Crippen LogP contribution is -2.27. The lowest BCUT2D eigenvalue weighted by molar-refractivity contribution is -0.385. The maximum Gasteiger partial charge on any atom is 0.282 e. The SMILES string of the molecule is COc1ccc([N+](=O)[O-])c(C(=O)NCCCN(C)C)c1. The maximum atomic E-state index is 12.0. The molecule has 0 radical (unpaired) electrons. The highest BCUT2D eigenvalue weighted by Gasteiger charge is 2.20. The van der Waals surface area contributed by atoms with Crippen LogP contribution in [-0.4, -0.2) is 50.0 Å². The Morgan fingerprint density at radius 1 is 1.45 bits per heavy atom. The molecule has 0 saturated carbocycles. The minimum Gasteiger partial charge on any atom is -0.497 e. The number of nitrogens with one attached hydrogen (secondary N) is 1. The summed E-state index contributed by atoms with van der Waals surface area (Å²) < 4.78 is 4.99. The predicted molar refractivity (Wildman–Crippen MR) is 75.2 cm³/mol. The van der Waals surface area contributed by atoms with Gasteiger partial charge >= 0.3 is 0 Å². The average Bonchev–Trinajstić information content (AvgIpc) is 2.42. The van der Waals surface area contributed by atoms with E-state index in [9.17, 15) is 14.9 Å². The molecule has 0 saturated heterocycles. The first-order valence-corrected chi connectivity index (χ1v) is 6.21. The fraction of sp³-hybridized carbons (Fsp3) is 0.462. The zero-order chi connectivity index (χ0) is 15.1. The van der Waals surface area contributed by atoms with Crippen molar-refractivity contribution >= 4 is 11.6 Å². The van der Waals surface area contributed by atoms with Crippen molar-refractivity contribution in [3.63, 3.8) is 0 Å². The number of benzene rings is 1. The highest BCUT2D eigenvalue weighted by molar-refractivity contribution is 5.98. The molecule has 1 rings (SSSR count). The largest absolute Gasteiger partial charge is 0.497 e. The quantitative estimate of drug-likeness (QED) is 0.462. The van der Waals surface area contributed by atoms with Crippen LogP contribution in [0.2, 0.25) is 0 Å². The fourth-order valence-corrected chi connectivity index (χ4v) is 1.68. The van der Waals surface area contributed by atoms with E-state index >= 15 is 0 Å². The second kappa shape index (κ2) is 7.44. The van der Waals surface area contributed by atoms with Gasteiger partial charge in [-0.05, 0) is 39.2 Å². The molecule has 0 heterocycles. The summed E-state index contributed by atoms with van der Waals surface area (Å²) in [5.41, 5.74) is -0.213. The molecule has 0 unspecified atom stereocenters. The van der Waals surface area contributed by atoms with Crippen molar-refractivity contribution in [2.45, 2.75) is 6.42 Å². The Morgan fingerprint density at radius 2 is 2.15 bits per heavy atom. The van der Waals surface area contributed by atoms with Crippen LogP contribution in [0.3, 0.4) is 0 Å². The van der Waals surface area contributed by atoms with Crippen LogP contribution >= 0.6 is 0 Å². The van der Waals surface area contributed by atoms with Crippen LogP contribution in [0.5, 0.6) is 5.75 Å². The van der Waals surface area contributed by atoms with Crippen LogP contribution < -0.4 is 10.1 Å². The smallest absolute Gasteiger partial charge is 0.282 e. The van der Waals surface area contributed by atoms with Crippen molar-refractivity contribution in [3.8, 4) is 5.75 Å². The molecule has 0 atom stereocenters. The average molecular weight is 281 g/mol. The number of carbonyl (C=O) groups excluding carboxylic acids is 1. The summed E-state index contributed by atoms with van der Waals surface area (Å²) in [6, 6.07) is 4.11. The van der Waals surface area contributed by atoms with E-state index in [1.165, 1.54) is 25.3 Å². The minimum absolute atomic E-state index is 0.0132. The third kappa shape index (κ3) is 4.51. The van der Waals surface area contributed by atoms with Gasteiger partial charge in [-0.15, -0.1) is 0 Å². The van der Waals surface area contributed by atoms with E-state index in [-0.39, 0.29) is 11.3 Å². The number of nitrogens with zero attached hydrogens (tertiary/aromatic N) is 2. The van der Waals surface area contributed by atoms with Gasteiger partial charge in [-0.3, -0.25) is 14.9 Å². The summed E-state index contributed by atoms with van der Waals surface area (Å²) in [6.07, 6.45) is 0.774. The Kier molecular flexibility index (Phi) is 5.92. The zero-order valence-corrected chi connectivity index (χ0v) is 11.9. The second-order valence-corrected chi connectivity index (χ2v) is 4.55. The Morgan fingerprint density at radius 3 is 2.70 bits per heavy atom. The number of rotatable bonds is 7. The molecule has 20 heavy (non-hydrogen) atoms. The second-order valence-electron chi connectivity index (χ2n) is 4.55. The van der Waals surface area contributed by atoms with Crippen molar-refractivity contribution in [2.24, 2.45) is 0 Å². The molecule has 0 aliphatic carbocycles. The first kappa shape index (κ1) is 15.9. The number of methoxy groups -OCH3 is 1. The lowest BCUT2D eigenvalue weighted by Gasteiger charge is -2.10. The summed E-state index contributed by atoms with van der Waals surface area (Å²) in [7, 11) is 5.32. The van der Waals surface area contributed by atoms with Crippen molar-refractivity contribution in [2.75, 3.05) is 34.3 Å². The van der Waals surface area contributed by atoms with Gasteiger partial charge in [-0.1, -0.05) is 0 Å².